The fourth-order valence-corrected chi connectivity index (χ4v) is 3.40. The number of carbonyl (C=O) groups excluding carboxylic acids is 1. The van der Waals surface area contributed by atoms with Crippen LogP contribution in [0.5, 0.6) is 0 Å². The quantitative estimate of drug-likeness (QED) is 0.407. The molecule has 4 N–H and O–H groups in total. The zero-order valence-electron chi connectivity index (χ0n) is 16.1. The molecular weight excluding hydrogens is 462 g/mol. The SMILES string of the molecule is O=C(Nc1cccc(S(=O)(=O)Nc2ccc(Cl)cc2)c1)c1ccccn1.O=C(O)C(=O)O. The standard InChI is InChI=1S/C18H14ClN3O3S.C2H2O4/c19-13-7-9-14(10-8-13)22-26(24,25)16-5-3-4-15(12-16)21-18(23)17-6-1-2-11-20-17;3-1(4)2(5)6/h1-12,22H,(H,21,23);(H,3,4)(H,5,6). The fraction of sp³-hybridized carbons (Fsp3) is 0. The summed E-state index contributed by atoms with van der Waals surface area (Å²) < 4.78 is 27.5. The van der Waals surface area contributed by atoms with Gasteiger partial charge in [-0.1, -0.05) is 23.7 Å². The Bertz CT molecular complexity index is 1210. The molecule has 1 amide bonds. The highest BCUT2D eigenvalue weighted by Crippen LogP contribution is 2.21. The number of pyridine rings is 1. The lowest BCUT2D eigenvalue weighted by Crippen LogP contribution is -2.15. The first kappa shape index (κ1) is 24.3. The van der Waals surface area contributed by atoms with Crippen molar-refractivity contribution in [2.75, 3.05) is 10.0 Å². The largest absolute Gasteiger partial charge is 0.473 e. The van der Waals surface area contributed by atoms with E-state index in [1.54, 1.807) is 54.6 Å². The first-order valence-electron chi connectivity index (χ1n) is 8.65. The second-order valence-corrected chi connectivity index (χ2v) is 8.04. The van der Waals surface area contributed by atoms with Crippen LogP contribution in [0.3, 0.4) is 0 Å². The molecule has 0 saturated heterocycles. The molecule has 0 bridgehead atoms. The number of carbonyl (C=O) groups is 3. The van der Waals surface area contributed by atoms with Crippen LogP contribution < -0.4 is 10.0 Å². The summed E-state index contributed by atoms with van der Waals surface area (Å²) in [5.74, 6) is -4.07. The van der Waals surface area contributed by atoms with Gasteiger partial charge in [-0.3, -0.25) is 14.5 Å². The molecule has 1 aromatic heterocycles. The number of amides is 1. The first-order valence-corrected chi connectivity index (χ1v) is 10.5. The van der Waals surface area contributed by atoms with Crippen LogP contribution in [0.2, 0.25) is 5.02 Å². The second-order valence-electron chi connectivity index (χ2n) is 5.92. The molecule has 0 radical (unpaired) electrons. The summed E-state index contributed by atoms with van der Waals surface area (Å²) in [5, 5.41) is 17.9. The van der Waals surface area contributed by atoms with Crippen molar-refractivity contribution in [1.29, 1.82) is 0 Å². The lowest BCUT2D eigenvalue weighted by Gasteiger charge is -2.10. The molecule has 32 heavy (non-hydrogen) atoms. The highest BCUT2D eigenvalue weighted by atomic mass is 35.5. The second kappa shape index (κ2) is 10.9. The van der Waals surface area contributed by atoms with Crippen molar-refractivity contribution in [2.24, 2.45) is 0 Å². The molecule has 0 fully saturated rings. The number of hydrogen-bond acceptors (Lipinski definition) is 6. The van der Waals surface area contributed by atoms with E-state index < -0.39 is 27.9 Å². The van der Waals surface area contributed by atoms with Gasteiger partial charge in [0, 0.05) is 22.6 Å². The van der Waals surface area contributed by atoms with E-state index in [2.05, 4.69) is 15.0 Å². The molecular formula is C20H16ClN3O7S. The van der Waals surface area contributed by atoms with Crippen molar-refractivity contribution < 1.29 is 33.0 Å². The Morgan fingerprint density at radius 1 is 0.844 bits per heavy atom. The molecule has 0 aliphatic heterocycles. The summed E-state index contributed by atoms with van der Waals surface area (Å²) >= 11 is 5.80. The fourth-order valence-electron chi connectivity index (χ4n) is 2.17. The number of halogens is 1. The first-order chi connectivity index (χ1) is 15.1. The molecule has 0 saturated carbocycles. The van der Waals surface area contributed by atoms with Crippen molar-refractivity contribution in [2.45, 2.75) is 4.90 Å². The minimum Gasteiger partial charge on any atom is -0.473 e. The summed E-state index contributed by atoms with van der Waals surface area (Å²) in [5.41, 5.74) is 0.969. The van der Waals surface area contributed by atoms with Crippen LogP contribution in [0.15, 0.2) is 77.8 Å². The van der Waals surface area contributed by atoms with Crippen molar-refractivity contribution in [3.8, 4) is 0 Å². The Kier molecular flexibility index (Phi) is 8.27. The predicted octanol–water partition coefficient (Wildman–Crippen LogP) is 2.94. The van der Waals surface area contributed by atoms with Gasteiger partial charge >= 0.3 is 11.9 Å². The third-order valence-corrected chi connectivity index (χ3v) is 5.21. The number of carboxylic acid groups (broad SMARTS) is 2. The Morgan fingerprint density at radius 3 is 2.06 bits per heavy atom. The summed E-state index contributed by atoms with van der Waals surface area (Å²) in [7, 11) is -3.81. The summed E-state index contributed by atoms with van der Waals surface area (Å²) in [6, 6.07) is 17.2. The van der Waals surface area contributed by atoms with Gasteiger partial charge in [-0.2, -0.15) is 0 Å². The highest BCUT2D eigenvalue weighted by molar-refractivity contribution is 7.92. The van der Waals surface area contributed by atoms with Crippen LogP contribution in [-0.2, 0) is 19.6 Å². The number of anilines is 2. The average Bonchev–Trinajstić information content (AvgIpc) is 2.76. The average molecular weight is 478 g/mol. The Labute approximate surface area is 187 Å². The number of nitrogens with zero attached hydrogens (tertiary/aromatic N) is 1. The van der Waals surface area contributed by atoms with E-state index in [0.29, 0.717) is 16.4 Å². The number of sulfonamides is 1. The lowest BCUT2D eigenvalue weighted by atomic mass is 10.3. The number of hydrogen-bond donors (Lipinski definition) is 4. The third kappa shape index (κ3) is 7.38. The number of aliphatic carboxylic acids is 2. The van der Waals surface area contributed by atoms with Crippen LogP contribution in [0.25, 0.3) is 0 Å². The van der Waals surface area contributed by atoms with Crippen LogP contribution >= 0.6 is 11.6 Å². The van der Waals surface area contributed by atoms with Gasteiger partial charge in [0.15, 0.2) is 0 Å². The van der Waals surface area contributed by atoms with E-state index in [0.717, 1.165) is 0 Å². The monoisotopic (exact) mass is 477 g/mol. The molecule has 1 heterocycles. The van der Waals surface area contributed by atoms with Crippen molar-refractivity contribution in [1.82, 2.24) is 4.98 Å². The van der Waals surface area contributed by atoms with Crippen LogP contribution in [0, 0.1) is 0 Å². The molecule has 2 aromatic carbocycles. The molecule has 0 atom stereocenters. The number of benzene rings is 2. The zero-order valence-corrected chi connectivity index (χ0v) is 17.7. The minimum absolute atomic E-state index is 0.0197. The third-order valence-electron chi connectivity index (χ3n) is 3.58. The van der Waals surface area contributed by atoms with E-state index in [4.69, 9.17) is 31.4 Å². The smallest absolute Gasteiger partial charge is 0.414 e. The maximum Gasteiger partial charge on any atom is 0.414 e. The maximum absolute atomic E-state index is 12.5. The van der Waals surface area contributed by atoms with Gasteiger partial charge < -0.3 is 15.5 Å². The molecule has 10 nitrogen and oxygen atoms in total. The van der Waals surface area contributed by atoms with Crippen molar-refractivity contribution in [3.05, 3.63) is 83.6 Å². The number of aromatic nitrogens is 1. The number of carboxylic acids is 2. The van der Waals surface area contributed by atoms with E-state index in [9.17, 15) is 13.2 Å². The summed E-state index contributed by atoms with van der Waals surface area (Å²) in [4.78, 5) is 34.3. The molecule has 0 aliphatic rings. The molecule has 3 rings (SSSR count). The maximum atomic E-state index is 12.5. The van der Waals surface area contributed by atoms with Gasteiger partial charge in [0.05, 0.1) is 4.90 Å². The van der Waals surface area contributed by atoms with Gasteiger partial charge in [0.1, 0.15) is 5.69 Å². The molecule has 0 spiro atoms. The zero-order chi connectivity index (χ0) is 23.7. The molecule has 166 valence electrons. The number of nitrogens with one attached hydrogen (secondary N) is 2. The summed E-state index contributed by atoms with van der Waals surface area (Å²) in [6.07, 6.45) is 1.51. The van der Waals surface area contributed by atoms with E-state index in [1.807, 2.05) is 0 Å². The topological polar surface area (TPSA) is 163 Å². The van der Waals surface area contributed by atoms with Crippen LogP contribution in [-0.4, -0.2) is 41.5 Å². The van der Waals surface area contributed by atoms with Gasteiger partial charge in [-0.25, -0.2) is 18.0 Å². The minimum atomic E-state index is -3.81. The van der Waals surface area contributed by atoms with Gasteiger partial charge in [0.25, 0.3) is 15.9 Å². The van der Waals surface area contributed by atoms with Gasteiger partial charge in [-0.15, -0.1) is 0 Å². The van der Waals surface area contributed by atoms with Gasteiger partial charge in [-0.05, 0) is 54.6 Å². The Morgan fingerprint density at radius 2 is 1.50 bits per heavy atom. The van der Waals surface area contributed by atoms with E-state index in [-0.39, 0.29) is 10.6 Å². The highest BCUT2D eigenvalue weighted by Gasteiger charge is 2.16. The lowest BCUT2D eigenvalue weighted by molar-refractivity contribution is -0.159. The van der Waals surface area contributed by atoms with E-state index >= 15 is 0 Å². The van der Waals surface area contributed by atoms with Crippen molar-refractivity contribution in [3.63, 3.8) is 0 Å². The van der Waals surface area contributed by atoms with Crippen LogP contribution in [0.1, 0.15) is 10.5 Å². The van der Waals surface area contributed by atoms with Gasteiger partial charge in [0.2, 0.25) is 0 Å². The molecule has 12 heteroatoms. The summed E-state index contributed by atoms with van der Waals surface area (Å²) in [6.45, 7) is 0. The Balaban J connectivity index is 0.000000534. The molecule has 3 aromatic rings. The molecule has 0 unspecified atom stereocenters. The number of rotatable bonds is 5. The Hall–Kier alpha value is -3.96. The van der Waals surface area contributed by atoms with Crippen molar-refractivity contribution >= 4 is 50.8 Å². The van der Waals surface area contributed by atoms with E-state index in [1.165, 1.54) is 18.3 Å². The van der Waals surface area contributed by atoms with Crippen LogP contribution in [0.4, 0.5) is 11.4 Å². The normalized spacial score (nSPS) is 10.3. The predicted molar refractivity (Wildman–Crippen MR) is 116 cm³/mol. The molecule has 0 aliphatic carbocycles.